The summed E-state index contributed by atoms with van der Waals surface area (Å²) in [5, 5.41) is 20.7. The number of fused-ring (bicyclic) bond motifs is 2. The molecule has 1 saturated heterocycles. The molecule has 0 aromatic carbocycles. The summed E-state index contributed by atoms with van der Waals surface area (Å²) in [4.78, 5) is 6.38. The van der Waals surface area contributed by atoms with Crippen molar-refractivity contribution in [2.75, 3.05) is 13.2 Å². The normalized spacial score (nSPS) is 23.8. The highest BCUT2D eigenvalue weighted by Gasteiger charge is 2.48. The van der Waals surface area contributed by atoms with Crippen molar-refractivity contribution in [3.05, 3.63) is 51.0 Å². The lowest BCUT2D eigenvalue weighted by Gasteiger charge is -2.47. The van der Waals surface area contributed by atoms with Crippen LogP contribution in [0, 0.1) is 0 Å². The van der Waals surface area contributed by atoms with Gasteiger partial charge < -0.3 is 9.84 Å². The number of rotatable bonds is 5. The number of aliphatic hydroxyl groups excluding tert-OH is 1. The van der Waals surface area contributed by atoms with Gasteiger partial charge in [-0.3, -0.25) is 14.7 Å². The molecule has 3 aromatic rings. The van der Waals surface area contributed by atoms with E-state index in [2.05, 4.69) is 32.1 Å². The standard InChI is InChI=1S/C21H25F3N6O2S/c1-13-6-20(18-15(2-5-32-20)16(11-31)19(33-18)21(22,23)24)3-4-29(13)8-14-7-27-30(9-14)10-17-25-12-26-28-17/h7,9,12-13,31H,2-6,8,10-11H2,1H3,(H,25,26,28)/t13-,20+/m0/s1. The molecule has 3 aromatic heterocycles. The van der Waals surface area contributed by atoms with Gasteiger partial charge in [0.1, 0.15) is 29.2 Å². The van der Waals surface area contributed by atoms with Crippen LogP contribution in [0.1, 0.15) is 52.0 Å². The van der Waals surface area contributed by atoms with Crippen LogP contribution in [0.2, 0.25) is 0 Å². The summed E-state index contributed by atoms with van der Waals surface area (Å²) in [6.45, 7) is 3.75. The fraction of sp³-hybridized carbons (Fsp3) is 0.571. The van der Waals surface area contributed by atoms with Crippen molar-refractivity contribution >= 4 is 11.3 Å². The summed E-state index contributed by atoms with van der Waals surface area (Å²) in [7, 11) is 0. The Hall–Kier alpha value is -2.28. The predicted octanol–water partition coefficient (Wildman–Crippen LogP) is 3.07. The third-order valence-corrected chi connectivity index (χ3v) is 8.08. The van der Waals surface area contributed by atoms with Crippen LogP contribution in [0.15, 0.2) is 18.7 Å². The van der Waals surface area contributed by atoms with Gasteiger partial charge in [0, 0.05) is 41.3 Å². The molecule has 0 unspecified atom stereocenters. The lowest BCUT2D eigenvalue weighted by Crippen LogP contribution is -2.50. The molecule has 5 heterocycles. The third-order valence-electron chi connectivity index (χ3n) is 6.58. The summed E-state index contributed by atoms with van der Waals surface area (Å²) in [6.07, 6.45) is 2.40. The number of alkyl halides is 3. The fourth-order valence-electron chi connectivity index (χ4n) is 5.04. The first-order chi connectivity index (χ1) is 15.8. The lowest BCUT2D eigenvalue weighted by molar-refractivity contribution is -0.135. The Balaban J connectivity index is 1.32. The minimum atomic E-state index is -4.47. The van der Waals surface area contributed by atoms with Crippen LogP contribution < -0.4 is 0 Å². The Bertz CT molecular complexity index is 1110. The molecular weight excluding hydrogens is 457 g/mol. The Labute approximate surface area is 192 Å². The van der Waals surface area contributed by atoms with Gasteiger partial charge in [0.25, 0.3) is 0 Å². The van der Waals surface area contributed by atoms with Gasteiger partial charge in [-0.2, -0.15) is 23.4 Å². The zero-order valence-corrected chi connectivity index (χ0v) is 18.9. The minimum Gasteiger partial charge on any atom is -0.392 e. The number of hydrogen-bond donors (Lipinski definition) is 2. The van der Waals surface area contributed by atoms with E-state index in [1.807, 2.05) is 12.4 Å². The predicted molar refractivity (Wildman–Crippen MR) is 113 cm³/mol. The zero-order chi connectivity index (χ0) is 23.2. The summed E-state index contributed by atoms with van der Waals surface area (Å²) < 4.78 is 48.8. The monoisotopic (exact) mass is 482 g/mol. The topological polar surface area (TPSA) is 92.1 Å². The first-order valence-corrected chi connectivity index (χ1v) is 11.7. The van der Waals surface area contributed by atoms with Gasteiger partial charge in [0.15, 0.2) is 0 Å². The second-order valence-electron chi connectivity index (χ2n) is 8.72. The number of nitrogens with one attached hydrogen (secondary N) is 1. The van der Waals surface area contributed by atoms with E-state index >= 15 is 0 Å². The number of H-pyrrole nitrogens is 1. The number of halogens is 3. The van der Waals surface area contributed by atoms with Gasteiger partial charge in [-0.15, -0.1) is 11.3 Å². The van der Waals surface area contributed by atoms with Gasteiger partial charge in [0.2, 0.25) is 0 Å². The summed E-state index contributed by atoms with van der Waals surface area (Å²) in [6, 6.07) is 0.108. The maximum atomic E-state index is 13.6. The van der Waals surface area contributed by atoms with E-state index < -0.39 is 23.3 Å². The van der Waals surface area contributed by atoms with E-state index in [9.17, 15) is 18.3 Å². The van der Waals surface area contributed by atoms with E-state index in [0.717, 1.165) is 22.7 Å². The van der Waals surface area contributed by atoms with Crippen molar-refractivity contribution in [3.63, 3.8) is 0 Å². The smallest absolute Gasteiger partial charge is 0.392 e. The molecule has 5 rings (SSSR count). The van der Waals surface area contributed by atoms with Gasteiger partial charge in [-0.25, -0.2) is 4.98 Å². The van der Waals surface area contributed by atoms with Crippen LogP contribution in [0.25, 0.3) is 0 Å². The maximum Gasteiger partial charge on any atom is 0.425 e. The van der Waals surface area contributed by atoms with Crippen molar-refractivity contribution < 1.29 is 23.0 Å². The number of hydrogen-bond acceptors (Lipinski definition) is 7. The van der Waals surface area contributed by atoms with Gasteiger partial charge in [0.05, 0.1) is 19.4 Å². The number of piperidine rings is 1. The van der Waals surface area contributed by atoms with Crippen LogP contribution in [-0.4, -0.2) is 54.2 Å². The molecule has 2 aliphatic rings. The molecular formula is C21H25F3N6O2S. The van der Waals surface area contributed by atoms with Gasteiger partial charge in [-0.1, -0.05) is 0 Å². The number of aromatic amines is 1. The second-order valence-corrected chi connectivity index (χ2v) is 9.74. The van der Waals surface area contributed by atoms with E-state index in [1.54, 1.807) is 4.68 Å². The first kappa shape index (κ1) is 22.5. The van der Waals surface area contributed by atoms with Crippen molar-refractivity contribution in [2.45, 2.75) is 63.7 Å². The molecule has 0 saturated carbocycles. The van der Waals surface area contributed by atoms with E-state index in [-0.39, 0.29) is 11.6 Å². The number of aromatic nitrogens is 5. The van der Waals surface area contributed by atoms with E-state index in [0.29, 0.717) is 55.9 Å². The molecule has 8 nitrogen and oxygen atoms in total. The van der Waals surface area contributed by atoms with Crippen LogP contribution in [-0.2, 0) is 42.6 Å². The third kappa shape index (κ3) is 4.20. The highest BCUT2D eigenvalue weighted by atomic mass is 32.1. The molecule has 1 fully saturated rings. The second kappa shape index (κ2) is 8.49. The average molecular weight is 483 g/mol. The van der Waals surface area contributed by atoms with Crippen molar-refractivity contribution in [2.24, 2.45) is 0 Å². The van der Waals surface area contributed by atoms with Crippen LogP contribution >= 0.6 is 11.3 Å². The number of ether oxygens (including phenoxy) is 1. The van der Waals surface area contributed by atoms with E-state index in [4.69, 9.17) is 4.74 Å². The Morgan fingerprint density at radius 3 is 2.91 bits per heavy atom. The lowest BCUT2D eigenvalue weighted by atomic mass is 9.81. The zero-order valence-electron chi connectivity index (χ0n) is 18.1. The summed E-state index contributed by atoms with van der Waals surface area (Å²) in [5.41, 5.74) is 0.994. The quantitative estimate of drug-likeness (QED) is 0.581. The first-order valence-electron chi connectivity index (χ1n) is 10.9. The number of likely N-dealkylation sites (tertiary alicyclic amines) is 1. The van der Waals surface area contributed by atoms with Crippen molar-refractivity contribution in [3.8, 4) is 0 Å². The Kier molecular flexibility index (Phi) is 5.79. The van der Waals surface area contributed by atoms with Gasteiger partial charge in [-0.05, 0) is 31.7 Å². The molecule has 2 atom stereocenters. The molecule has 0 amide bonds. The maximum absolute atomic E-state index is 13.6. The minimum absolute atomic E-state index is 0.0272. The summed E-state index contributed by atoms with van der Waals surface area (Å²) >= 11 is 0.755. The Morgan fingerprint density at radius 2 is 2.21 bits per heavy atom. The fourth-order valence-corrected chi connectivity index (χ4v) is 6.45. The van der Waals surface area contributed by atoms with Crippen LogP contribution in [0.3, 0.4) is 0 Å². The molecule has 0 bridgehead atoms. The molecule has 33 heavy (non-hydrogen) atoms. The van der Waals surface area contributed by atoms with Crippen molar-refractivity contribution in [1.29, 1.82) is 0 Å². The molecule has 0 aliphatic carbocycles. The van der Waals surface area contributed by atoms with Gasteiger partial charge >= 0.3 is 6.18 Å². The molecule has 2 aliphatic heterocycles. The summed E-state index contributed by atoms with van der Waals surface area (Å²) in [5.74, 6) is 0.722. The molecule has 0 radical (unpaired) electrons. The SMILES string of the molecule is C[C@H]1C[C@@]2(CCN1Cc1cnn(Cc3ncn[nH]3)c1)OCCc1c2sc(C(F)(F)F)c1CO. The Morgan fingerprint density at radius 1 is 1.36 bits per heavy atom. The number of thiophene rings is 1. The molecule has 178 valence electrons. The van der Waals surface area contributed by atoms with Crippen LogP contribution in [0.5, 0.6) is 0 Å². The molecule has 12 heteroatoms. The van der Waals surface area contributed by atoms with E-state index in [1.165, 1.54) is 6.33 Å². The number of nitrogens with zero attached hydrogens (tertiary/aromatic N) is 5. The molecule has 1 spiro atoms. The highest BCUT2D eigenvalue weighted by Crippen LogP contribution is 2.51. The molecule has 2 N–H and O–H groups in total. The van der Waals surface area contributed by atoms with Crippen molar-refractivity contribution in [1.82, 2.24) is 29.9 Å². The largest absolute Gasteiger partial charge is 0.425 e. The average Bonchev–Trinajstić information content (AvgIpc) is 3.51. The highest BCUT2D eigenvalue weighted by molar-refractivity contribution is 7.12. The number of aliphatic hydroxyl groups is 1. The van der Waals surface area contributed by atoms with Crippen LogP contribution in [0.4, 0.5) is 13.2 Å².